The van der Waals surface area contributed by atoms with Crippen LogP contribution in [-0.4, -0.2) is 11.7 Å². The monoisotopic (exact) mass is 407 g/mol. The number of carbonyl (C=O) groups excluding carboxylic acids is 2. The number of carbonyl (C=O) groups is 2. The van der Waals surface area contributed by atoms with Crippen LogP contribution in [0.15, 0.2) is 53.7 Å². The molecule has 0 N–H and O–H groups in total. The number of rotatable bonds is 2. The minimum Gasteiger partial charge on any atom is -0.294 e. The Balaban J connectivity index is 1.97. The van der Waals surface area contributed by atoms with Gasteiger partial charge in [0, 0.05) is 35.1 Å². The number of hydrogen-bond donors (Lipinski definition) is 0. The second-order valence-corrected chi connectivity index (χ2v) is 9.46. The van der Waals surface area contributed by atoms with Crippen molar-refractivity contribution in [2.24, 2.45) is 5.41 Å². The van der Waals surface area contributed by atoms with Crippen LogP contribution in [0.4, 0.5) is 5.69 Å². The fourth-order valence-corrected chi connectivity index (χ4v) is 5.12. The SMILES string of the molecule is Cc1cccc(C)c1N1C(=O)CC(c2ccccc2Cl)C2=C1CC(C)(C)CC2=O. The molecule has 0 saturated heterocycles. The van der Waals surface area contributed by atoms with E-state index in [0.717, 1.165) is 33.6 Å². The molecule has 150 valence electrons. The molecule has 0 aromatic heterocycles. The Morgan fingerprint density at radius 3 is 2.28 bits per heavy atom. The molecule has 2 aromatic rings. The number of benzene rings is 2. The van der Waals surface area contributed by atoms with E-state index in [0.29, 0.717) is 17.9 Å². The van der Waals surface area contributed by atoms with Crippen molar-refractivity contribution in [3.05, 3.63) is 75.4 Å². The molecule has 29 heavy (non-hydrogen) atoms. The number of nitrogens with zero attached hydrogens (tertiary/aromatic N) is 1. The summed E-state index contributed by atoms with van der Waals surface area (Å²) >= 11 is 6.49. The Morgan fingerprint density at radius 1 is 0.966 bits per heavy atom. The average Bonchev–Trinajstić information content (AvgIpc) is 2.62. The van der Waals surface area contributed by atoms with Gasteiger partial charge in [0.25, 0.3) is 0 Å². The Labute approximate surface area is 177 Å². The first-order valence-electron chi connectivity index (χ1n) is 10.1. The van der Waals surface area contributed by atoms with E-state index in [2.05, 4.69) is 13.8 Å². The normalized spacial score (nSPS) is 21.4. The molecule has 1 atom stereocenters. The summed E-state index contributed by atoms with van der Waals surface area (Å²) in [6, 6.07) is 13.6. The third kappa shape index (κ3) is 3.42. The number of halogens is 1. The van der Waals surface area contributed by atoms with Crippen LogP contribution >= 0.6 is 11.6 Å². The zero-order valence-electron chi connectivity index (χ0n) is 17.4. The summed E-state index contributed by atoms with van der Waals surface area (Å²) < 4.78 is 0. The molecular formula is C25H26ClNO2. The van der Waals surface area contributed by atoms with Gasteiger partial charge in [0.1, 0.15) is 0 Å². The third-order valence-electron chi connectivity index (χ3n) is 6.09. The van der Waals surface area contributed by atoms with Crippen LogP contribution in [0.5, 0.6) is 0 Å². The average molecular weight is 408 g/mol. The summed E-state index contributed by atoms with van der Waals surface area (Å²) in [5, 5.41) is 0.607. The number of Topliss-reactive ketones (excluding diaryl/α,β-unsaturated/α-hetero) is 1. The standard InChI is InChI=1S/C25H26ClNO2/c1-15-8-7-9-16(2)24(15)27-20-13-25(3,4)14-21(28)23(20)18(12-22(27)29)17-10-5-6-11-19(17)26/h5-11,18H,12-14H2,1-4H3. The van der Waals surface area contributed by atoms with Crippen LogP contribution in [-0.2, 0) is 9.59 Å². The first-order valence-corrected chi connectivity index (χ1v) is 10.5. The van der Waals surface area contributed by atoms with Crippen molar-refractivity contribution in [2.75, 3.05) is 4.90 Å². The Morgan fingerprint density at radius 2 is 1.62 bits per heavy atom. The molecule has 1 amide bonds. The molecule has 1 unspecified atom stereocenters. The lowest BCUT2D eigenvalue weighted by Crippen LogP contribution is -2.44. The van der Waals surface area contributed by atoms with E-state index in [1.54, 1.807) is 0 Å². The van der Waals surface area contributed by atoms with Crippen LogP contribution in [0.1, 0.15) is 55.7 Å². The predicted octanol–water partition coefficient (Wildman–Crippen LogP) is 6.12. The zero-order chi connectivity index (χ0) is 20.9. The topological polar surface area (TPSA) is 37.4 Å². The zero-order valence-corrected chi connectivity index (χ0v) is 18.1. The Hall–Kier alpha value is -2.39. The minimum absolute atomic E-state index is 0.0246. The highest BCUT2D eigenvalue weighted by atomic mass is 35.5. The predicted molar refractivity (Wildman–Crippen MR) is 117 cm³/mol. The van der Waals surface area contributed by atoms with Gasteiger partial charge in [0.15, 0.2) is 5.78 Å². The Kier molecular flexibility index (Phi) is 4.90. The largest absolute Gasteiger partial charge is 0.294 e. The Bertz CT molecular complexity index is 1030. The minimum atomic E-state index is -0.282. The maximum absolute atomic E-state index is 13.5. The molecule has 1 aliphatic carbocycles. The van der Waals surface area contributed by atoms with Crippen LogP contribution in [0.2, 0.25) is 5.02 Å². The van der Waals surface area contributed by atoms with Gasteiger partial charge in [-0.3, -0.25) is 14.5 Å². The molecule has 1 heterocycles. The molecule has 4 heteroatoms. The molecule has 0 radical (unpaired) electrons. The second kappa shape index (κ2) is 7.14. The molecule has 4 rings (SSSR count). The first kappa shape index (κ1) is 19.9. The number of ketones is 1. The lowest BCUT2D eigenvalue weighted by atomic mass is 9.69. The van der Waals surface area contributed by atoms with Gasteiger partial charge < -0.3 is 0 Å². The second-order valence-electron chi connectivity index (χ2n) is 9.05. The van der Waals surface area contributed by atoms with Gasteiger partial charge in [-0.2, -0.15) is 0 Å². The molecule has 0 spiro atoms. The van der Waals surface area contributed by atoms with Crippen molar-refractivity contribution in [1.82, 2.24) is 0 Å². The summed E-state index contributed by atoms with van der Waals surface area (Å²) in [6.45, 7) is 8.24. The quantitative estimate of drug-likeness (QED) is 0.601. The molecule has 2 aliphatic rings. The smallest absolute Gasteiger partial charge is 0.232 e. The summed E-state index contributed by atoms with van der Waals surface area (Å²) in [6.07, 6.45) is 1.43. The third-order valence-corrected chi connectivity index (χ3v) is 6.43. The van der Waals surface area contributed by atoms with Gasteiger partial charge in [-0.15, -0.1) is 0 Å². The van der Waals surface area contributed by atoms with E-state index in [1.807, 2.05) is 61.2 Å². The summed E-state index contributed by atoms with van der Waals surface area (Å²) in [4.78, 5) is 28.7. The lowest BCUT2D eigenvalue weighted by molar-refractivity contribution is -0.121. The highest BCUT2D eigenvalue weighted by molar-refractivity contribution is 6.31. The van der Waals surface area contributed by atoms with Crippen molar-refractivity contribution in [3.63, 3.8) is 0 Å². The van der Waals surface area contributed by atoms with Gasteiger partial charge in [0.2, 0.25) is 5.91 Å². The summed E-state index contributed by atoms with van der Waals surface area (Å²) in [7, 11) is 0. The first-order chi connectivity index (χ1) is 13.7. The fourth-order valence-electron chi connectivity index (χ4n) is 4.86. The van der Waals surface area contributed by atoms with Crippen molar-refractivity contribution in [2.45, 2.75) is 52.9 Å². The molecular weight excluding hydrogens is 382 g/mol. The van der Waals surface area contributed by atoms with Crippen LogP contribution < -0.4 is 4.90 Å². The number of aryl methyl sites for hydroxylation is 2. The molecule has 2 aromatic carbocycles. The number of amides is 1. The van der Waals surface area contributed by atoms with Crippen LogP contribution in [0.25, 0.3) is 0 Å². The van der Waals surface area contributed by atoms with E-state index < -0.39 is 0 Å². The van der Waals surface area contributed by atoms with E-state index in [1.165, 1.54) is 0 Å². The molecule has 1 aliphatic heterocycles. The molecule has 0 fully saturated rings. The fraction of sp³-hybridized carbons (Fsp3) is 0.360. The van der Waals surface area contributed by atoms with Gasteiger partial charge in [0.05, 0.1) is 5.69 Å². The van der Waals surface area contributed by atoms with E-state index in [9.17, 15) is 9.59 Å². The highest BCUT2D eigenvalue weighted by Crippen LogP contribution is 2.49. The van der Waals surface area contributed by atoms with Crippen molar-refractivity contribution in [3.8, 4) is 0 Å². The number of anilines is 1. The van der Waals surface area contributed by atoms with Crippen LogP contribution in [0.3, 0.4) is 0 Å². The maximum Gasteiger partial charge on any atom is 0.232 e. The van der Waals surface area contributed by atoms with E-state index >= 15 is 0 Å². The van der Waals surface area contributed by atoms with Crippen molar-refractivity contribution in [1.29, 1.82) is 0 Å². The summed E-state index contributed by atoms with van der Waals surface area (Å²) in [5.41, 5.74) is 5.28. The van der Waals surface area contributed by atoms with Gasteiger partial charge in [-0.05, 0) is 48.4 Å². The molecule has 3 nitrogen and oxygen atoms in total. The highest BCUT2D eigenvalue weighted by Gasteiger charge is 2.45. The number of allylic oxidation sites excluding steroid dienone is 2. The van der Waals surface area contributed by atoms with Crippen molar-refractivity contribution < 1.29 is 9.59 Å². The van der Waals surface area contributed by atoms with Gasteiger partial charge >= 0.3 is 0 Å². The number of para-hydroxylation sites is 1. The van der Waals surface area contributed by atoms with Gasteiger partial charge in [-0.1, -0.05) is 61.8 Å². The van der Waals surface area contributed by atoms with E-state index in [-0.39, 0.29) is 29.4 Å². The summed E-state index contributed by atoms with van der Waals surface area (Å²) in [5.74, 6) is -0.128. The maximum atomic E-state index is 13.5. The molecule has 0 saturated carbocycles. The lowest BCUT2D eigenvalue weighted by Gasteiger charge is -2.43. The van der Waals surface area contributed by atoms with Gasteiger partial charge in [-0.25, -0.2) is 0 Å². The van der Waals surface area contributed by atoms with Crippen molar-refractivity contribution >= 4 is 29.0 Å². The van der Waals surface area contributed by atoms with Crippen LogP contribution in [0, 0.1) is 19.3 Å². The van der Waals surface area contributed by atoms with E-state index in [4.69, 9.17) is 11.6 Å². The molecule has 0 bridgehead atoms. The number of hydrogen-bond acceptors (Lipinski definition) is 2.